The first-order valence-corrected chi connectivity index (χ1v) is 6.29. The van der Waals surface area contributed by atoms with Gasteiger partial charge in [-0.3, -0.25) is 4.79 Å². The van der Waals surface area contributed by atoms with Crippen LogP contribution in [-0.2, 0) is 0 Å². The number of halogens is 1. The SMILES string of the molecule is Cc1cccc(C(C#N)C(=O)c2ccc(F)c(C)c2)c1. The van der Waals surface area contributed by atoms with Crippen molar-refractivity contribution in [3.63, 3.8) is 0 Å². The summed E-state index contributed by atoms with van der Waals surface area (Å²) in [5, 5.41) is 9.28. The number of carbonyl (C=O) groups excluding carboxylic acids is 1. The topological polar surface area (TPSA) is 40.9 Å². The van der Waals surface area contributed by atoms with E-state index in [2.05, 4.69) is 0 Å². The molecule has 2 aromatic carbocycles. The van der Waals surface area contributed by atoms with E-state index in [0.29, 0.717) is 16.7 Å². The molecule has 0 aliphatic carbocycles. The molecule has 0 radical (unpaired) electrons. The van der Waals surface area contributed by atoms with Gasteiger partial charge in [0.2, 0.25) is 0 Å². The lowest BCUT2D eigenvalue weighted by Crippen LogP contribution is -2.11. The second-order valence-electron chi connectivity index (χ2n) is 4.80. The molecule has 3 heteroatoms. The lowest BCUT2D eigenvalue weighted by atomic mass is 9.90. The highest BCUT2D eigenvalue weighted by Crippen LogP contribution is 2.22. The molecule has 0 fully saturated rings. The van der Waals surface area contributed by atoms with Crippen LogP contribution in [-0.4, -0.2) is 5.78 Å². The van der Waals surface area contributed by atoms with Crippen LogP contribution >= 0.6 is 0 Å². The second kappa shape index (κ2) is 5.66. The summed E-state index contributed by atoms with van der Waals surface area (Å²) in [6.45, 7) is 3.50. The minimum absolute atomic E-state index is 0.304. The van der Waals surface area contributed by atoms with Crippen molar-refractivity contribution in [1.29, 1.82) is 5.26 Å². The zero-order valence-electron chi connectivity index (χ0n) is 11.4. The third-order valence-electron chi connectivity index (χ3n) is 3.21. The molecule has 0 bridgehead atoms. The summed E-state index contributed by atoms with van der Waals surface area (Å²) >= 11 is 0. The largest absolute Gasteiger partial charge is 0.292 e. The van der Waals surface area contributed by atoms with Gasteiger partial charge in [-0.05, 0) is 43.2 Å². The van der Waals surface area contributed by atoms with Gasteiger partial charge in [0.05, 0.1) is 6.07 Å². The molecule has 0 N–H and O–H groups in total. The maximum absolute atomic E-state index is 13.2. The maximum Gasteiger partial charge on any atom is 0.184 e. The molecule has 0 saturated carbocycles. The number of Topliss-reactive ketones (excluding diaryl/α,β-unsaturated/α-hetero) is 1. The van der Waals surface area contributed by atoms with E-state index in [1.54, 1.807) is 13.0 Å². The number of nitriles is 1. The quantitative estimate of drug-likeness (QED) is 0.790. The molecular weight excluding hydrogens is 253 g/mol. The van der Waals surface area contributed by atoms with Crippen LogP contribution in [0, 0.1) is 31.0 Å². The first-order valence-electron chi connectivity index (χ1n) is 6.29. The van der Waals surface area contributed by atoms with Crippen LogP contribution in [0.25, 0.3) is 0 Å². The van der Waals surface area contributed by atoms with E-state index in [1.807, 2.05) is 31.2 Å². The molecule has 100 valence electrons. The normalized spacial score (nSPS) is 11.7. The first kappa shape index (κ1) is 14.0. The van der Waals surface area contributed by atoms with Crippen molar-refractivity contribution in [3.8, 4) is 6.07 Å². The Morgan fingerprint density at radius 3 is 2.55 bits per heavy atom. The van der Waals surface area contributed by atoms with E-state index in [-0.39, 0.29) is 11.6 Å². The van der Waals surface area contributed by atoms with Crippen molar-refractivity contribution in [2.75, 3.05) is 0 Å². The molecule has 2 rings (SSSR count). The van der Waals surface area contributed by atoms with Gasteiger partial charge in [0, 0.05) is 5.56 Å². The Kier molecular flexibility index (Phi) is 3.95. The van der Waals surface area contributed by atoms with Crippen LogP contribution < -0.4 is 0 Å². The second-order valence-corrected chi connectivity index (χ2v) is 4.80. The number of rotatable bonds is 3. The zero-order valence-corrected chi connectivity index (χ0v) is 11.4. The Morgan fingerprint density at radius 1 is 1.20 bits per heavy atom. The molecule has 20 heavy (non-hydrogen) atoms. The number of hydrogen-bond acceptors (Lipinski definition) is 2. The standard InChI is InChI=1S/C17H14FNO/c1-11-4-3-5-13(8-11)15(10-19)17(20)14-6-7-16(18)12(2)9-14/h3-9,15H,1-2H3. The minimum Gasteiger partial charge on any atom is -0.292 e. The maximum atomic E-state index is 13.2. The van der Waals surface area contributed by atoms with Gasteiger partial charge in [0.25, 0.3) is 0 Å². The van der Waals surface area contributed by atoms with Gasteiger partial charge in [-0.1, -0.05) is 29.8 Å². The van der Waals surface area contributed by atoms with Crippen molar-refractivity contribution in [3.05, 3.63) is 70.5 Å². The van der Waals surface area contributed by atoms with Crippen molar-refractivity contribution in [1.82, 2.24) is 0 Å². The summed E-state index contributed by atoms with van der Waals surface area (Å²) in [6.07, 6.45) is 0. The van der Waals surface area contributed by atoms with Crippen molar-refractivity contribution in [2.24, 2.45) is 0 Å². The minimum atomic E-state index is -0.861. The lowest BCUT2D eigenvalue weighted by molar-refractivity contribution is 0.0978. The number of ketones is 1. The number of nitrogens with zero attached hydrogens (tertiary/aromatic N) is 1. The Morgan fingerprint density at radius 2 is 1.95 bits per heavy atom. The smallest absolute Gasteiger partial charge is 0.184 e. The van der Waals surface area contributed by atoms with Gasteiger partial charge in [-0.25, -0.2) is 4.39 Å². The average molecular weight is 267 g/mol. The number of carbonyl (C=O) groups is 1. The Labute approximate surface area is 117 Å². The van der Waals surface area contributed by atoms with Gasteiger partial charge in [-0.15, -0.1) is 0 Å². The molecule has 1 atom stereocenters. The van der Waals surface area contributed by atoms with Gasteiger partial charge in [-0.2, -0.15) is 5.26 Å². The fraction of sp³-hybridized carbons (Fsp3) is 0.176. The van der Waals surface area contributed by atoms with E-state index in [9.17, 15) is 14.4 Å². The van der Waals surface area contributed by atoms with E-state index in [1.165, 1.54) is 18.2 Å². The Bertz CT molecular complexity index is 700. The zero-order chi connectivity index (χ0) is 14.7. The number of aryl methyl sites for hydroxylation is 2. The molecule has 2 aromatic rings. The fourth-order valence-corrected chi connectivity index (χ4v) is 2.10. The Balaban J connectivity index is 2.39. The molecule has 0 spiro atoms. The summed E-state index contributed by atoms with van der Waals surface area (Å²) in [5.41, 5.74) is 2.42. The molecule has 0 aliphatic rings. The van der Waals surface area contributed by atoms with Gasteiger partial charge < -0.3 is 0 Å². The van der Waals surface area contributed by atoms with E-state index in [4.69, 9.17) is 0 Å². The van der Waals surface area contributed by atoms with E-state index >= 15 is 0 Å². The van der Waals surface area contributed by atoms with Crippen LogP contribution in [0.5, 0.6) is 0 Å². The average Bonchev–Trinajstić information content (AvgIpc) is 2.42. The third kappa shape index (κ3) is 2.75. The summed E-state index contributed by atoms with van der Waals surface area (Å²) in [7, 11) is 0. The molecular formula is C17H14FNO. The summed E-state index contributed by atoms with van der Waals surface area (Å²) < 4.78 is 13.2. The van der Waals surface area contributed by atoms with Gasteiger partial charge >= 0.3 is 0 Å². The summed E-state index contributed by atoms with van der Waals surface area (Å²) in [4.78, 5) is 12.4. The van der Waals surface area contributed by atoms with Crippen LogP contribution in [0.2, 0.25) is 0 Å². The van der Waals surface area contributed by atoms with E-state index < -0.39 is 5.92 Å². The predicted molar refractivity (Wildman–Crippen MR) is 75.0 cm³/mol. The molecule has 0 amide bonds. The molecule has 2 nitrogen and oxygen atoms in total. The lowest BCUT2D eigenvalue weighted by Gasteiger charge is -2.10. The van der Waals surface area contributed by atoms with Crippen molar-refractivity contribution in [2.45, 2.75) is 19.8 Å². The molecule has 0 aromatic heterocycles. The van der Waals surface area contributed by atoms with E-state index in [0.717, 1.165) is 5.56 Å². The molecule has 0 aliphatic heterocycles. The van der Waals surface area contributed by atoms with Crippen LogP contribution in [0.15, 0.2) is 42.5 Å². The van der Waals surface area contributed by atoms with Crippen molar-refractivity contribution < 1.29 is 9.18 Å². The fourth-order valence-electron chi connectivity index (χ4n) is 2.10. The Hall–Kier alpha value is -2.47. The molecule has 1 unspecified atom stereocenters. The molecule has 0 heterocycles. The third-order valence-corrected chi connectivity index (χ3v) is 3.21. The monoisotopic (exact) mass is 267 g/mol. The van der Waals surface area contributed by atoms with Crippen LogP contribution in [0.3, 0.4) is 0 Å². The summed E-state index contributed by atoms with van der Waals surface area (Å²) in [6, 6.07) is 13.5. The van der Waals surface area contributed by atoms with Crippen LogP contribution in [0.4, 0.5) is 4.39 Å². The highest BCUT2D eigenvalue weighted by molar-refractivity contribution is 6.02. The van der Waals surface area contributed by atoms with Crippen molar-refractivity contribution >= 4 is 5.78 Å². The van der Waals surface area contributed by atoms with Gasteiger partial charge in [0.15, 0.2) is 5.78 Å². The number of hydrogen-bond donors (Lipinski definition) is 0. The van der Waals surface area contributed by atoms with Crippen LogP contribution in [0.1, 0.15) is 33.0 Å². The highest BCUT2D eigenvalue weighted by atomic mass is 19.1. The highest BCUT2D eigenvalue weighted by Gasteiger charge is 2.22. The van der Waals surface area contributed by atoms with Gasteiger partial charge in [0.1, 0.15) is 11.7 Å². The number of benzene rings is 2. The summed E-state index contributed by atoms with van der Waals surface area (Å²) in [5.74, 6) is -1.52. The predicted octanol–water partition coefficient (Wildman–Crippen LogP) is 3.93. The first-order chi connectivity index (χ1) is 9.52. The molecule has 0 saturated heterocycles.